The van der Waals surface area contributed by atoms with Crippen molar-refractivity contribution >= 4 is 35.2 Å². The van der Waals surface area contributed by atoms with Crippen molar-refractivity contribution in [3.05, 3.63) is 77.6 Å². The van der Waals surface area contributed by atoms with E-state index in [0.29, 0.717) is 11.1 Å². The lowest BCUT2D eigenvalue weighted by Gasteiger charge is -2.09. The van der Waals surface area contributed by atoms with Gasteiger partial charge in [0.05, 0.1) is 0 Å². The summed E-state index contributed by atoms with van der Waals surface area (Å²) in [5.74, 6) is -1.21. The van der Waals surface area contributed by atoms with Gasteiger partial charge in [-0.15, -0.1) is 0 Å². The van der Waals surface area contributed by atoms with Crippen LogP contribution in [0.5, 0.6) is 0 Å². The van der Waals surface area contributed by atoms with E-state index in [1.165, 1.54) is 36.4 Å². The average Bonchev–Trinajstić information content (AvgIpc) is 2.60. The molecule has 0 atom stereocenters. The third-order valence-corrected chi connectivity index (χ3v) is 3.06. The summed E-state index contributed by atoms with van der Waals surface area (Å²) in [4.78, 5) is 23.5. The molecule has 122 valence electrons. The van der Waals surface area contributed by atoms with Gasteiger partial charge in [-0.05, 0) is 48.1 Å². The van der Waals surface area contributed by atoms with Crippen LogP contribution in [0, 0.1) is 5.82 Å². The summed E-state index contributed by atoms with van der Waals surface area (Å²) in [7, 11) is 0. The summed E-state index contributed by atoms with van der Waals surface area (Å²) < 4.78 is 12.8. The molecule has 0 heterocycles. The summed E-state index contributed by atoms with van der Waals surface area (Å²) in [6, 6.07) is 14.2. The highest BCUT2D eigenvalue weighted by Crippen LogP contribution is 2.04. The van der Waals surface area contributed by atoms with Crippen LogP contribution in [-0.2, 0) is 4.79 Å². The first kappa shape index (κ1) is 17.3. The zero-order valence-corrected chi connectivity index (χ0v) is 13.3. The standard InChI is InChI=1S/C17H14FN3O2S/c18-14-9-6-12(7-10-14)8-11-15(22)19-17(24)21-20-16(23)13-4-2-1-3-5-13/h1-11H,(H,20,23)(H2,19,21,22,24). The number of hydrogen-bond donors (Lipinski definition) is 3. The zero-order valence-electron chi connectivity index (χ0n) is 12.5. The molecular weight excluding hydrogens is 329 g/mol. The lowest BCUT2D eigenvalue weighted by Crippen LogP contribution is -2.48. The van der Waals surface area contributed by atoms with Gasteiger partial charge in [-0.1, -0.05) is 30.3 Å². The molecule has 2 amide bonds. The van der Waals surface area contributed by atoms with E-state index in [2.05, 4.69) is 16.2 Å². The van der Waals surface area contributed by atoms with Crippen LogP contribution in [0.4, 0.5) is 4.39 Å². The SMILES string of the molecule is O=C(C=Cc1ccc(F)cc1)NC(=S)NNC(=O)c1ccccc1. The Morgan fingerprint density at radius 1 is 0.958 bits per heavy atom. The van der Waals surface area contributed by atoms with Gasteiger partial charge < -0.3 is 0 Å². The summed E-state index contributed by atoms with van der Waals surface area (Å²) in [5, 5.41) is 2.33. The topological polar surface area (TPSA) is 70.2 Å². The van der Waals surface area contributed by atoms with Gasteiger partial charge in [0.25, 0.3) is 5.91 Å². The lowest BCUT2D eigenvalue weighted by atomic mass is 10.2. The van der Waals surface area contributed by atoms with Crippen LogP contribution in [0.25, 0.3) is 6.08 Å². The molecule has 0 aliphatic carbocycles. The molecule has 0 fully saturated rings. The number of amides is 2. The summed E-state index contributed by atoms with van der Waals surface area (Å²) in [6.07, 6.45) is 2.76. The molecule has 2 aromatic carbocycles. The fraction of sp³-hybridized carbons (Fsp3) is 0. The molecule has 0 aliphatic rings. The monoisotopic (exact) mass is 343 g/mol. The quantitative estimate of drug-likeness (QED) is 0.454. The minimum absolute atomic E-state index is 0.0481. The number of rotatable bonds is 3. The van der Waals surface area contributed by atoms with Crippen molar-refractivity contribution in [2.45, 2.75) is 0 Å². The molecule has 0 unspecified atom stereocenters. The molecule has 0 saturated carbocycles. The molecule has 2 aromatic rings. The van der Waals surface area contributed by atoms with Gasteiger partial charge in [0, 0.05) is 11.6 Å². The summed E-state index contributed by atoms with van der Waals surface area (Å²) >= 11 is 4.91. The van der Waals surface area contributed by atoms with E-state index in [0.717, 1.165) is 0 Å². The molecule has 0 aliphatic heterocycles. The van der Waals surface area contributed by atoms with E-state index >= 15 is 0 Å². The molecule has 3 N–H and O–H groups in total. The highest BCUT2D eigenvalue weighted by molar-refractivity contribution is 7.80. The maximum absolute atomic E-state index is 12.8. The highest BCUT2D eigenvalue weighted by atomic mass is 32.1. The summed E-state index contributed by atoms with van der Waals surface area (Å²) in [6.45, 7) is 0. The first-order chi connectivity index (χ1) is 11.5. The third-order valence-electron chi connectivity index (χ3n) is 2.86. The fourth-order valence-corrected chi connectivity index (χ4v) is 1.86. The largest absolute Gasteiger partial charge is 0.298 e. The van der Waals surface area contributed by atoms with Gasteiger partial charge in [-0.25, -0.2) is 4.39 Å². The number of benzene rings is 2. The maximum Gasteiger partial charge on any atom is 0.269 e. The van der Waals surface area contributed by atoms with Crippen molar-refractivity contribution in [3.63, 3.8) is 0 Å². The Bertz CT molecular complexity index is 761. The maximum atomic E-state index is 12.8. The van der Waals surface area contributed by atoms with Gasteiger partial charge in [0.15, 0.2) is 5.11 Å². The molecule has 0 aromatic heterocycles. The van der Waals surface area contributed by atoms with Crippen LogP contribution in [0.1, 0.15) is 15.9 Å². The molecular formula is C17H14FN3O2S. The molecule has 5 nitrogen and oxygen atoms in total. The number of thiocarbonyl (C=S) groups is 1. The molecule has 24 heavy (non-hydrogen) atoms. The molecule has 0 bridgehead atoms. The Labute approximate surface area is 143 Å². The van der Waals surface area contributed by atoms with Crippen molar-refractivity contribution < 1.29 is 14.0 Å². The Hall–Kier alpha value is -3.06. The number of hydrogen-bond acceptors (Lipinski definition) is 3. The average molecular weight is 343 g/mol. The van der Waals surface area contributed by atoms with Crippen molar-refractivity contribution in [1.82, 2.24) is 16.2 Å². The van der Waals surface area contributed by atoms with Crippen LogP contribution in [0.15, 0.2) is 60.7 Å². The van der Waals surface area contributed by atoms with Gasteiger partial charge in [0.1, 0.15) is 5.82 Å². The number of carbonyl (C=O) groups excluding carboxylic acids is 2. The number of hydrazine groups is 1. The van der Waals surface area contributed by atoms with Crippen LogP contribution in [0.3, 0.4) is 0 Å². The van der Waals surface area contributed by atoms with E-state index in [4.69, 9.17) is 12.2 Å². The van der Waals surface area contributed by atoms with E-state index < -0.39 is 5.91 Å². The Balaban J connectivity index is 1.78. The first-order valence-corrected chi connectivity index (χ1v) is 7.35. The van der Waals surface area contributed by atoms with Crippen molar-refractivity contribution in [2.24, 2.45) is 0 Å². The predicted molar refractivity (Wildman–Crippen MR) is 93.2 cm³/mol. The van der Waals surface area contributed by atoms with E-state index in [1.807, 2.05) is 0 Å². The molecule has 0 spiro atoms. The Morgan fingerprint density at radius 2 is 1.62 bits per heavy atom. The predicted octanol–water partition coefficient (Wildman–Crippen LogP) is 2.17. The fourth-order valence-electron chi connectivity index (χ4n) is 1.71. The number of halogens is 1. The second-order valence-corrected chi connectivity index (χ2v) is 5.06. The van der Waals surface area contributed by atoms with Crippen LogP contribution < -0.4 is 16.2 Å². The molecule has 7 heteroatoms. The lowest BCUT2D eigenvalue weighted by molar-refractivity contribution is -0.115. The van der Waals surface area contributed by atoms with Crippen LogP contribution in [0.2, 0.25) is 0 Å². The minimum Gasteiger partial charge on any atom is -0.298 e. The number of nitrogens with one attached hydrogen (secondary N) is 3. The molecule has 2 rings (SSSR count). The van der Waals surface area contributed by atoms with Gasteiger partial charge >= 0.3 is 0 Å². The van der Waals surface area contributed by atoms with Crippen molar-refractivity contribution in [3.8, 4) is 0 Å². The minimum atomic E-state index is -0.481. The smallest absolute Gasteiger partial charge is 0.269 e. The Morgan fingerprint density at radius 3 is 2.29 bits per heavy atom. The summed E-state index contributed by atoms with van der Waals surface area (Å²) in [5.41, 5.74) is 5.93. The normalized spacial score (nSPS) is 10.2. The van der Waals surface area contributed by atoms with Crippen LogP contribution in [-0.4, -0.2) is 16.9 Å². The number of carbonyl (C=O) groups is 2. The molecule has 0 radical (unpaired) electrons. The van der Waals surface area contributed by atoms with Gasteiger partial charge in [0.2, 0.25) is 5.91 Å². The van der Waals surface area contributed by atoms with E-state index in [-0.39, 0.29) is 16.8 Å². The van der Waals surface area contributed by atoms with Gasteiger partial charge in [-0.2, -0.15) is 0 Å². The second kappa shape index (κ2) is 8.54. The van der Waals surface area contributed by atoms with E-state index in [1.54, 1.807) is 30.3 Å². The van der Waals surface area contributed by atoms with Crippen molar-refractivity contribution in [1.29, 1.82) is 0 Å². The highest BCUT2D eigenvalue weighted by Gasteiger charge is 2.05. The zero-order chi connectivity index (χ0) is 17.4. The van der Waals surface area contributed by atoms with Crippen molar-refractivity contribution in [2.75, 3.05) is 0 Å². The molecule has 0 saturated heterocycles. The first-order valence-electron chi connectivity index (χ1n) is 6.94. The second-order valence-electron chi connectivity index (χ2n) is 4.65. The Kier molecular flexibility index (Phi) is 6.16. The third kappa shape index (κ3) is 5.62. The van der Waals surface area contributed by atoms with Gasteiger partial charge in [-0.3, -0.25) is 25.8 Å². The van der Waals surface area contributed by atoms with E-state index in [9.17, 15) is 14.0 Å². The van der Waals surface area contributed by atoms with Crippen LogP contribution >= 0.6 is 12.2 Å².